The van der Waals surface area contributed by atoms with Gasteiger partial charge in [0.25, 0.3) is 5.54 Å². The third kappa shape index (κ3) is 13.6. The minimum absolute atomic E-state index is 0. The summed E-state index contributed by atoms with van der Waals surface area (Å²) in [4.78, 5) is 56.4. The van der Waals surface area contributed by atoms with Crippen molar-refractivity contribution < 1.29 is 28.7 Å². The van der Waals surface area contributed by atoms with Crippen LogP contribution in [-0.2, 0) is 35.1 Å². The molecule has 2 atom stereocenters. The first-order valence-electron chi connectivity index (χ1n) is 12.9. The van der Waals surface area contributed by atoms with Gasteiger partial charge in [0.15, 0.2) is 5.96 Å². The Morgan fingerprint density at radius 1 is 0.976 bits per heavy atom. The van der Waals surface area contributed by atoms with Gasteiger partial charge in [-0.3, -0.25) is 14.6 Å². The maximum atomic E-state index is 13.5. The number of halogens is 2. The van der Waals surface area contributed by atoms with Crippen LogP contribution >= 0.6 is 24.8 Å². The topological polar surface area (TPSA) is 201 Å². The fourth-order valence-corrected chi connectivity index (χ4v) is 3.40. The Kier molecular flexibility index (Phi) is 20.5. The highest BCUT2D eigenvalue weighted by atomic mass is 35.5. The maximum Gasteiger partial charge on any atom is 0.356 e. The summed E-state index contributed by atoms with van der Waals surface area (Å²) < 4.78 is 10.2. The Balaban J connectivity index is 0. The van der Waals surface area contributed by atoms with Crippen molar-refractivity contribution in [2.45, 2.75) is 70.5 Å². The van der Waals surface area contributed by atoms with E-state index in [2.05, 4.69) is 27.5 Å². The minimum atomic E-state index is -2.42. The first-order chi connectivity index (χ1) is 18.6. The molecule has 0 saturated carbocycles. The van der Waals surface area contributed by atoms with Gasteiger partial charge in [0.05, 0.1) is 19.3 Å². The zero-order chi connectivity index (χ0) is 29.3. The van der Waals surface area contributed by atoms with Crippen molar-refractivity contribution in [1.82, 2.24) is 10.6 Å². The number of unbranched alkanes of at least 4 members (excludes halogenated alkanes) is 1. The molecule has 14 heteroatoms. The number of carbonyl (C=O) groups excluding carboxylic acids is 4. The molecule has 8 N–H and O–H groups in total. The number of nitrogens with zero attached hydrogens (tertiary/aromatic N) is 1. The van der Waals surface area contributed by atoms with E-state index in [1.165, 1.54) is 0 Å². The first-order valence-corrected chi connectivity index (χ1v) is 12.9. The van der Waals surface area contributed by atoms with Crippen LogP contribution in [-0.4, -0.2) is 67.1 Å². The number of carbonyl (C=O) groups is 4. The smallest absolute Gasteiger partial charge is 0.356 e. The lowest BCUT2D eigenvalue weighted by Gasteiger charge is -2.28. The van der Waals surface area contributed by atoms with Gasteiger partial charge < -0.3 is 37.3 Å². The molecule has 0 saturated heterocycles. The quantitative estimate of drug-likeness (QED) is 0.0470. The van der Waals surface area contributed by atoms with E-state index in [4.69, 9.17) is 26.7 Å². The van der Waals surface area contributed by atoms with E-state index in [1.54, 1.807) is 13.8 Å². The van der Waals surface area contributed by atoms with Gasteiger partial charge in [0, 0.05) is 13.0 Å². The molecule has 0 fully saturated rings. The SMILES string of the molecule is CCCC#CC(NC(=O)[C@H](CCCN=C(N)N)NC(=O)[C@@H](N)Cc1ccccc1)(C(=O)OCC)C(=O)OCC.Cl.Cl. The van der Waals surface area contributed by atoms with Gasteiger partial charge in [-0.25, -0.2) is 9.59 Å². The highest BCUT2D eigenvalue weighted by molar-refractivity contribution is 6.12. The molecule has 0 bridgehead atoms. The van der Waals surface area contributed by atoms with E-state index >= 15 is 0 Å². The number of nitrogens with two attached hydrogens (primary N) is 3. The van der Waals surface area contributed by atoms with E-state index in [-0.39, 0.29) is 69.8 Å². The Hall–Kier alpha value is -3.53. The lowest BCUT2D eigenvalue weighted by molar-refractivity contribution is -0.164. The van der Waals surface area contributed by atoms with E-state index in [9.17, 15) is 19.2 Å². The summed E-state index contributed by atoms with van der Waals surface area (Å²) in [7, 11) is 0. The van der Waals surface area contributed by atoms with Crippen molar-refractivity contribution in [2.75, 3.05) is 19.8 Å². The summed E-state index contributed by atoms with van der Waals surface area (Å²) in [6.07, 6.45) is 1.58. The van der Waals surface area contributed by atoms with E-state index in [0.29, 0.717) is 12.8 Å². The van der Waals surface area contributed by atoms with Gasteiger partial charge in [-0.05, 0) is 45.1 Å². The maximum absolute atomic E-state index is 13.5. The van der Waals surface area contributed by atoms with Crippen LogP contribution in [0.15, 0.2) is 35.3 Å². The number of hydrogen-bond acceptors (Lipinski definition) is 8. The summed E-state index contributed by atoms with van der Waals surface area (Å²) >= 11 is 0. The molecule has 41 heavy (non-hydrogen) atoms. The fourth-order valence-electron chi connectivity index (χ4n) is 3.40. The molecule has 0 aliphatic carbocycles. The van der Waals surface area contributed by atoms with Crippen molar-refractivity contribution in [1.29, 1.82) is 0 Å². The number of hydrogen-bond donors (Lipinski definition) is 5. The Morgan fingerprint density at radius 3 is 2.07 bits per heavy atom. The van der Waals surface area contributed by atoms with Crippen LogP contribution in [0.5, 0.6) is 0 Å². The predicted molar refractivity (Wildman–Crippen MR) is 161 cm³/mol. The molecule has 1 aromatic carbocycles. The summed E-state index contributed by atoms with van der Waals surface area (Å²) in [5.74, 6) is 1.52. The fraction of sp³-hybridized carbons (Fsp3) is 0.519. The van der Waals surface area contributed by atoms with E-state index in [1.807, 2.05) is 37.3 Å². The van der Waals surface area contributed by atoms with Gasteiger partial charge in [-0.1, -0.05) is 49.1 Å². The van der Waals surface area contributed by atoms with Crippen molar-refractivity contribution in [3.05, 3.63) is 35.9 Å². The Bertz CT molecular complexity index is 1040. The zero-order valence-electron chi connectivity index (χ0n) is 23.6. The number of amides is 2. The van der Waals surface area contributed by atoms with Crippen LogP contribution in [0.1, 0.15) is 52.0 Å². The number of benzene rings is 1. The second-order valence-corrected chi connectivity index (χ2v) is 8.54. The number of guanidine groups is 1. The van der Waals surface area contributed by atoms with Crippen LogP contribution in [0, 0.1) is 11.8 Å². The van der Waals surface area contributed by atoms with Gasteiger partial charge in [-0.15, -0.1) is 24.8 Å². The van der Waals surface area contributed by atoms with Gasteiger partial charge in [0.2, 0.25) is 11.8 Å². The van der Waals surface area contributed by atoms with E-state index < -0.39 is 41.4 Å². The second kappa shape index (κ2) is 21.2. The number of aliphatic imine (C=N–C) groups is 1. The third-order valence-electron chi connectivity index (χ3n) is 5.34. The van der Waals surface area contributed by atoms with Crippen LogP contribution < -0.4 is 27.8 Å². The molecular weight excluding hydrogens is 575 g/mol. The lowest BCUT2D eigenvalue weighted by atomic mass is 9.98. The van der Waals surface area contributed by atoms with Crippen molar-refractivity contribution >= 4 is 54.5 Å². The zero-order valence-corrected chi connectivity index (χ0v) is 25.3. The monoisotopic (exact) mass is 616 g/mol. The summed E-state index contributed by atoms with van der Waals surface area (Å²) in [6, 6.07) is 6.97. The molecule has 0 unspecified atom stereocenters. The molecule has 0 spiro atoms. The lowest BCUT2D eigenvalue weighted by Crippen LogP contribution is -2.64. The average molecular weight is 618 g/mol. The van der Waals surface area contributed by atoms with Crippen molar-refractivity contribution in [3.8, 4) is 11.8 Å². The number of ether oxygens (including phenoxy) is 2. The summed E-state index contributed by atoms with van der Waals surface area (Å²) in [6.45, 7) is 5.00. The largest absolute Gasteiger partial charge is 0.463 e. The molecular formula is C27H42Cl2N6O6. The van der Waals surface area contributed by atoms with Crippen molar-refractivity contribution in [2.24, 2.45) is 22.2 Å². The Labute approximate surface area is 253 Å². The molecule has 0 aromatic heterocycles. The molecule has 230 valence electrons. The number of nitrogens with one attached hydrogen (secondary N) is 2. The van der Waals surface area contributed by atoms with Crippen LogP contribution in [0.2, 0.25) is 0 Å². The number of rotatable bonds is 15. The first kappa shape index (κ1) is 39.6. The molecule has 2 amide bonds. The summed E-state index contributed by atoms with van der Waals surface area (Å²) in [5.41, 5.74) is 15.3. The van der Waals surface area contributed by atoms with Gasteiger partial charge >= 0.3 is 11.9 Å². The minimum Gasteiger partial charge on any atom is -0.463 e. The van der Waals surface area contributed by atoms with Crippen LogP contribution in [0.25, 0.3) is 0 Å². The normalized spacial score (nSPS) is 11.5. The highest BCUT2D eigenvalue weighted by Gasteiger charge is 2.50. The van der Waals surface area contributed by atoms with Gasteiger partial charge in [0.1, 0.15) is 6.04 Å². The van der Waals surface area contributed by atoms with Crippen molar-refractivity contribution in [3.63, 3.8) is 0 Å². The number of esters is 2. The molecule has 0 heterocycles. The molecule has 12 nitrogen and oxygen atoms in total. The molecule has 1 aromatic rings. The average Bonchev–Trinajstić information content (AvgIpc) is 2.90. The molecule has 0 aliphatic rings. The highest BCUT2D eigenvalue weighted by Crippen LogP contribution is 2.13. The standard InChI is InChI=1S/C27H40N6O6.2ClH/c1-4-7-11-16-27(24(36)38-5-2,25(37)39-6-3)33-23(35)21(15-12-17-31-26(29)30)32-22(34)20(28)18-19-13-9-8-10-14-19;;/h8-10,13-14,20-21H,4-7,12,15,17-18,28H2,1-3H3,(H,32,34)(H,33,35)(H4,29,30,31);2*1H/t20-,21-;;/m0../s1. The molecule has 0 radical (unpaired) electrons. The van der Waals surface area contributed by atoms with E-state index in [0.717, 1.165) is 5.56 Å². The van der Waals surface area contributed by atoms with Crippen LogP contribution in [0.3, 0.4) is 0 Å². The summed E-state index contributed by atoms with van der Waals surface area (Å²) in [5, 5.41) is 5.02. The van der Waals surface area contributed by atoms with Crippen LogP contribution in [0.4, 0.5) is 0 Å². The second-order valence-electron chi connectivity index (χ2n) is 8.54. The molecule has 0 aliphatic heterocycles. The predicted octanol–water partition coefficient (Wildman–Crippen LogP) is 0.723. The van der Waals surface area contributed by atoms with Gasteiger partial charge in [-0.2, -0.15) is 0 Å². The Morgan fingerprint density at radius 2 is 1.56 bits per heavy atom. The third-order valence-corrected chi connectivity index (χ3v) is 5.34. The molecule has 1 rings (SSSR count).